The largest absolute Gasteiger partial charge is 0.370 e. The lowest BCUT2D eigenvalue weighted by Gasteiger charge is -2.16. The molecule has 4 N–H and O–H groups in total. The predicted octanol–water partition coefficient (Wildman–Crippen LogP) is 2.46. The molecule has 0 aromatic carbocycles. The van der Waals surface area contributed by atoms with Gasteiger partial charge in [0.2, 0.25) is 11.8 Å². The van der Waals surface area contributed by atoms with E-state index >= 15 is 0 Å². The Labute approximate surface area is 125 Å². The lowest BCUT2D eigenvalue weighted by atomic mass is 9.88. The Balaban J connectivity index is 4.74. The number of primary amides is 2. The maximum Gasteiger partial charge on any atom is 0.248 e. The van der Waals surface area contributed by atoms with Crippen molar-refractivity contribution >= 4 is 11.8 Å². The second-order valence-electron chi connectivity index (χ2n) is 4.68. The number of amides is 2. The van der Waals surface area contributed by atoms with E-state index in [9.17, 15) is 9.59 Å². The molecule has 0 unspecified atom stereocenters. The van der Waals surface area contributed by atoms with Crippen LogP contribution in [0.2, 0.25) is 0 Å². The van der Waals surface area contributed by atoms with Gasteiger partial charge in [-0.25, -0.2) is 0 Å². The molecule has 0 aromatic rings. The van der Waals surface area contributed by atoms with Crippen LogP contribution in [0.1, 0.15) is 19.3 Å². The molecule has 0 heterocycles. The van der Waals surface area contributed by atoms with Crippen molar-refractivity contribution in [3.05, 3.63) is 72.9 Å². The monoisotopic (exact) mass is 286 g/mol. The third-order valence-electron chi connectivity index (χ3n) is 3.08. The van der Waals surface area contributed by atoms with Crippen LogP contribution in [0.4, 0.5) is 0 Å². The maximum absolute atomic E-state index is 11.1. The maximum atomic E-state index is 11.1. The third-order valence-corrected chi connectivity index (χ3v) is 3.08. The lowest BCUT2D eigenvalue weighted by Crippen LogP contribution is -2.15. The molecule has 0 aliphatic heterocycles. The Morgan fingerprint density at radius 1 is 0.667 bits per heavy atom. The fourth-order valence-electron chi connectivity index (χ4n) is 1.54. The number of hydrogen-bond donors (Lipinski definition) is 2. The summed E-state index contributed by atoms with van der Waals surface area (Å²) in [6.07, 6.45) is 1.43. The van der Waals surface area contributed by atoms with Crippen molar-refractivity contribution < 1.29 is 9.59 Å². The quantitative estimate of drug-likeness (QED) is 0.477. The highest BCUT2D eigenvalue weighted by Crippen LogP contribution is 2.29. The summed E-state index contributed by atoms with van der Waals surface area (Å²) in [4.78, 5) is 21.8. The zero-order valence-electron chi connectivity index (χ0n) is 12.3. The first kappa shape index (κ1) is 18.4. The van der Waals surface area contributed by atoms with E-state index < -0.39 is 5.91 Å². The van der Waals surface area contributed by atoms with Gasteiger partial charge in [0.1, 0.15) is 0 Å². The van der Waals surface area contributed by atoms with Crippen molar-refractivity contribution in [2.45, 2.75) is 19.3 Å². The molecule has 0 saturated carbocycles. The summed E-state index contributed by atoms with van der Waals surface area (Å²) in [6, 6.07) is 0. The topological polar surface area (TPSA) is 86.2 Å². The summed E-state index contributed by atoms with van der Waals surface area (Å²) < 4.78 is 0. The molecule has 0 saturated heterocycles. The Kier molecular flexibility index (Phi) is 6.87. The highest BCUT2D eigenvalue weighted by Gasteiger charge is 2.15. The number of carbonyl (C=O) groups is 2. The van der Waals surface area contributed by atoms with E-state index in [2.05, 4.69) is 39.5 Å². The number of rotatable bonds is 10. The van der Waals surface area contributed by atoms with Crippen LogP contribution in [0.15, 0.2) is 72.9 Å². The molecule has 0 fully saturated rings. The summed E-state index contributed by atoms with van der Waals surface area (Å²) in [7, 11) is 0. The molecule has 0 bridgehead atoms. The van der Waals surface area contributed by atoms with Crippen molar-refractivity contribution in [1.82, 2.24) is 0 Å². The molecule has 21 heavy (non-hydrogen) atoms. The van der Waals surface area contributed by atoms with E-state index in [-0.39, 0.29) is 17.9 Å². The lowest BCUT2D eigenvalue weighted by molar-refractivity contribution is -0.118. The van der Waals surface area contributed by atoms with Crippen molar-refractivity contribution in [3.63, 3.8) is 0 Å². The minimum absolute atomic E-state index is 0.0771. The standard InChI is InChI=1S/C17H22N2O2/c1-10(8-7-9-16(18)20)11(2)12(3)13(4)14(5)15(6)17(19)21/h1-9H2,(H2,18,20)(H2,19,21). The van der Waals surface area contributed by atoms with Gasteiger partial charge in [-0.05, 0) is 40.7 Å². The SMILES string of the molecule is C=C(CCCC(N)=O)C(=C)C(=C)C(=C)C(=C)C(=C)C(N)=O. The fraction of sp³-hybridized carbons (Fsp3) is 0.176. The zero-order valence-corrected chi connectivity index (χ0v) is 12.3. The van der Waals surface area contributed by atoms with Gasteiger partial charge in [0.15, 0.2) is 0 Å². The van der Waals surface area contributed by atoms with Crippen LogP contribution in [0.5, 0.6) is 0 Å². The van der Waals surface area contributed by atoms with Gasteiger partial charge in [-0.1, -0.05) is 39.5 Å². The summed E-state index contributed by atoms with van der Waals surface area (Å²) in [5.41, 5.74) is 12.9. The second-order valence-corrected chi connectivity index (χ2v) is 4.68. The van der Waals surface area contributed by atoms with E-state index in [0.29, 0.717) is 35.1 Å². The minimum atomic E-state index is -0.667. The predicted molar refractivity (Wildman–Crippen MR) is 87.1 cm³/mol. The molecular weight excluding hydrogens is 264 g/mol. The highest BCUT2D eigenvalue weighted by atomic mass is 16.1. The van der Waals surface area contributed by atoms with Crippen molar-refractivity contribution in [2.24, 2.45) is 11.5 Å². The highest BCUT2D eigenvalue weighted by molar-refractivity contribution is 5.97. The molecule has 0 radical (unpaired) electrons. The normalized spacial score (nSPS) is 9.52. The first-order chi connectivity index (χ1) is 9.59. The molecular formula is C17H22N2O2. The zero-order chi connectivity index (χ0) is 16.7. The van der Waals surface area contributed by atoms with E-state index in [1.807, 2.05) is 0 Å². The number of nitrogens with two attached hydrogens (primary N) is 2. The average Bonchev–Trinajstić information content (AvgIpc) is 2.42. The third kappa shape index (κ3) is 5.48. The molecule has 0 atom stereocenters. The Morgan fingerprint density at radius 3 is 1.52 bits per heavy atom. The molecule has 0 rings (SSSR count). The van der Waals surface area contributed by atoms with E-state index in [4.69, 9.17) is 11.5 Å². The van der Waals surface area contributed by atoms with E-state index in [1.54, 1.807) is 0 Å². The summed E-state index contributed by atoms with van der Waals surface area (Å²) in [5.74, 6) is -1.03. The smallest absolute Gasteiger partial charge is 0.248 e. The summed E-state index contributed by atoms with van der Waals surface area (Å²) in [5, 5.41) is 0. The van der Waals surface area contributed by atoms with Gasteiger partial charge in [-0.15, -0.1) is 0 Å². The summed E-state index contributed by atoms with van der Waals surface area (Å²) in [6.45, 7) is 22.8. The Morgan fingerprint density at radius 2 is 1.10 bits per heavy atom. The molecule has 4 nitrogen and oxygen atoms in total. The van der Waals surface area contributed by atoms with Gasteiger partial charge in [0, 0.05) is 12.0 Å². The molecule has 2 amide bonds. The number of carbonyl (C=O) groups excluding carboxylic acids is 2. The molecule has 0 spiro atoms. The molecule has 0 aromatic heterocycles. The van der Waals surface area contributed by atoms with Crippen LogP contribution in [-0.2, 0) is 9.59 Å². The van der Waals surface area contributed by atoms with Gasteiger partial charge in [0.25, 0.3) is 0 Å². The van der Waals surface area contributed by atoms with Gasteiger partial charge in [-0.2, -0.15) is 0 Å². The number of allylic oxidation sites excluding steroid dienone is 4. The van der Waals surface area contributed by atoms with E-state index in [1.165, 1.54) is 0 Å². The van der Waals surface area contributed by atoms with Crippen LogP contribution in [0.25, 0.3) is 0 Å². The van der Waals surface area contributed by atoms with Crippen LogP contribution >= 0.6 is 0 Å². The minimum Gasteiger partial charge on any atom is -0.370 e. The Hall–Kier alpha value is -2.62. The van der Waals surface area contributed by atoms with Crippen molar-refractivity contribution in [3.8, 4) is 0 Å². The summed E-state index contributed by atoms with van der Waals surface area (Å²) >= 11 is 0. The molecule has 0 aliphatic carbocycles. The molecule has 4 heteroatoms. The molecule has 112 valence electrons. The van der Waals surface area contributed by atoms with Crippen molar-refractivity contribution in [2.75, 3.05) is 0 Å². The van der Waals surface area contributed by atoms with Crippen LogP contribution in [-0.4, -0.2) is 11.8 Å². The first-order valence-corrected chi connectivity index (χ1v) is 6.31. The van der Waals surface area contributed by atoms with Gasteiger partial charge in [0.05, 0.1) is 0 Å². The van der Waals surface area contributed by atoms with Crippen molar-refractivity contribution in [1.29, 1.82) is 0 Å². The van der Waals surface area contributed by atoms with Crippen LogP contribution < -0.4 is 11.5 Å². The average molecular weight is 286 g/mol. The van der Waals surface area contributed by atoms with Crippen LogP contribution in [0, 0.1) is 0 Å². The fourth-order valence-corrected chi connectivity index (χ4v) is 1.54. The molecule has 0 aliphatic rings. The Bertz CT molecular complexity index is 565. The number of hydrogen-bond acceptors (Lipinski definition) is 2. The van der Waals surface area contributed by atoms with Crippen LogP contribution in [0.3, 0.4) is 0 Å². The second kappa shape index (κ2) is 7.85. The van der Waals surface area contributed by atoms with Gasteiger partial charge in [-0.3, -0.25) is 9.59 Å². The first-order valence-electron chi connectivity index (χ1n) is 6.31. The van der Waals surface area contributed by atoms with E-state index in [0.717, 1.165) is 5.57 Å². The van der Waals surface area contributed by atoms with Gasteiger partial charge >= 0.3 is 0 Å². The van der Waals surface area contributed by atoms with Gasteiger partial charge < -0.3 is 11.5 Å².